The SMILES string of the molecule is CN(C)c1ccc(-c2nc(CCl)cs2)cc1. The molecule has 2 nitrogen and oxygen atoms in total. The third-order valence-corrected chi connectivity index (χ3v) is 3.53. The summed E-state index contributed by atoms with van der Waals surface area (Å²) in [6.07, 6.45) is 0. The standard InChI is InChI=1S/C12H13ClN2S/c1-15(2)11-5-3-9(4-6-11)12-14-10(7-13)8-16-12/h3-6,8H,7H2,1-2H3. The van der Waals surface area contributed by atoms with E-state index in [9.17, 15) is 0 Å². The van der Waals surface area contributed by atoms with Crippen molar-refractivity contribution in [2.45, 2.75) is 5.88 Å². The molecule has 84 valence electrons. The summed E-state index contributed by atoms with van der Waals surface area (Å²) in [6.45, 7) is 0. The van der Waals surface area contributed by atoms with Gasteiger partial charge in [-0.05, 0) is 24.3 Å². The Bertz CT molecular complexity index is 462. The smallest absolute Gasteiger partial charge is 0.123 e. The van der Waals surface area contributed by atoms with Crippen LogP contribution >= 0.6 is 22.9 Å². The van der Waals surface area contributed by atoms with Crippen molar-refractivity contribution < 1.29 is 0 Å². The Morgan fingerprint density at radius 3 is 2.44 bits per heavy atom. The lowest BCUT2D eigenvalue weighted by atomic mass is 10.2. The molecular weight excluding hydrogens is 240 g/mol. The van der Waals surface area contributed by atoms with Crippen molar-refractivity contribution in [3.63, 3.8) is 0 Å². The fraction of sp³-hybridized carbons (Fsp3) is 0.250. The molecule has 0 saturated heterocycles. The minimum atomic E-state index is 0.478. The summed E-state index contributed by atoms with van der Waals surface area (Å²) in [7, 11) is 4.06. The Labute approximate surface area is 105 Å². The van der Waals surface area contributed by atoms with Gasteiger partial charge in [0.25, 0.3) is 0 Å². The van der Waals surface area contributed by atoms with Crippen molar-refractivity contribution >= 4 is 28.6 Å². The molecule has 1 aromatic heterocycles. The highest BCUT2D eigenvalue weighted by Gasteiger charge is 2.04. The molecule has 0 radical (unpaired) electrons. The van der Waals surface area contributed by atoms with Crippen molar-refractivity contribution in [2.75, 3.05) is 19.0 Å². The van der Waals surface area contributed by atoms with E-state index in [0.29, 0.717) is 5.88 Å². The number of hydrogen-bond donors (Lipinski definition) is 0. The summed E-state index contributed by atoms with van der Waals surface area (Å²) in [6, 6.07) is 8.37. The first-order valence-corrected chi connectivity index (χ1v) is 6.40. The number of benzene rings is 1. The molecule has 0 fully saturated rings. The minimum absolute atomic E-state index is 0.478. The van der Waals surface area contributed by atoms with Crippen molar-refractivity contribution in [2.24, 2.45) is 0 Å². The maximum atomic E-state index is 5.73. The molecule has 0 aliphatic rings. The highest BCUT2D eigenvalue weighted by Crippen LogP contribution is 2.26. The van der Waals surface area contributed by atoms with Gasteiger partial charge in [-0.1, -0.05) is 0 Å². The van der Waals surface area contributed by atoms with E-state index >= 15 is 0 Å². The molecule has 0 atom stereocenters. The molecule has 0 amide bonds. The summed E-state index contributed by atoms with van der Waals surface area (Å²) in [5, 5.41) is 3.03. The third kappa shape index (κ3) is 2.36. The van der Waals surface area contributed by atoms with Crippen molar-refractivity contribution in [3.05, 3.63) is 35.3 Å². The number of hydrogen-bond acceptors (Lipinski definition) is 3. The summed E-state index contributed by atoms with van der Waals surface area (Å²) < 4.78 is 0. The summed E-state index contributed by atoms with van der Waals surface area (Å²) in [5.41, 5.74) is 3.28. The molecule has 4 heteroatoms. The zero-order chi connectivity index (χ0) is 11.5. The largest absolute Gasteiger partial charge is 0.378 e. The predicted octanol–water partition coefficient (Wildman–Crippen LogP) is 3.61. The normalized spacial score (nSPS) is 10.4. The number of nitrogens with zero attached hydrogens (tertiary/aromatic N) is 2. The topological polar surface area (TPSA) is 16.1 Å². The van der Waals surface area contributed by atoms with Crippen LogP contribution in [0, 0.1) is 0 Å². The predicted molar refractivity (Wildman–Crippen MR) is 71.4 cm³/mol. The van der Waals surface area contributed by atoms with Gasteiger partial charge in [0, 0.05) is 30.7 Å². The first-order valence-electron chi connectivity index (χ1n) is 4.99. The molecule has 0 spiro atoms. The molecular formula is C12H13ClN2S. The van der Waals surface area contributed by atoms with E-state index in [1.165, 1.54) is 5.69 Å². The molecule has 1 aromatic carbocycles. The summed E-state index contributed by atoms with van der Waals surface area (Å²) in [4.78, 5) is 6.53. The second-order valence-electron chi connectivity index (χ2n) is 3.72. The first kappa shape index (κ1) is 11.4. The van der Waals surface area contributed by atoms with E-state index < -0.39 is 0 Å². The second kappa shape index (κ2) is 4.85. The van der Waals surface area contributed by atoms with Gasteiger partial charge in [0.05, 0.1) is 11.6 Å². The molecule has 16 heavy (non-hydrogen) atoms. The highest BCUT2D eigenvalue weighted by atomic mass is 35.5. The fourth-order valence-electron chi connectivity index (χ4n) is 1.40. The lowest BCUT2D eigenvalue weighted by Crippen LogP contribution is -2.07. The van der Waals surface area contributed by atoms with Crippen LogP contribution in [0.25, 0.3) is 10.6 Å². The lowest BCUT2D eigenvalue weighted by Gasteiger charge is -2.11. The number of alkyl halides is 1. The Morgan fingerprint density at radius 1 is 1.25 bits per heavy atom. The second-order valence-corrected chi connectivity index (χ2v) is 4.84. The van der Waals surface area contributed by atoms with Crippen LogP contribution in [-0.4, -0.2) is 19.1 Å². The molecule has 0 aliphatic heterocycles. The number of rotatable bonds is 3. The van der Waals surface area contributed by atoms with Crippen molar-refractivity contribution in [1.29, 1.82) is 0 Å². The summed E-state index contributed by atoms with van der Waals surface area (Å²) in [5.74, 6) is 0.478. The number of halogens is 1. The zero-order valence-electron chi connectivity index (χ0n) is 9.27. The van der Waals surface area contributed by atoms with Crippen LogP contribution in [0.4, 0.5) is 5.69 Å². The van der Waals surface area contributed by atoms with Crippen LogP contribution in [0.2, 0.25) is 0 Å². The lowest BCUT2D eigenvalue weighted by molar-refractivity contribution is 1.13. The molecule has 0 saturated carbocycles. The van der Waals surface area contributed by atoms with E-state index in [2.05, 4.69) is 34.1 Å². The molecule has 2 aromatic rings. The van der Waals surface area contributed by atoms with Gasteiger partial charge in [0.1, 0.15) is 5.01 Å². The summed E-state index contributed by atoms with van der Waals surface area (Å²) >= 11 is 7.36. The van der Waals surface area contributed by atoms with Gasteiger partial charge in [-0.15, -0.1) is 22.9 Å². The average molecular weight is 253 g/mol. The van der Waals surface area contributed by atoms with Crippen LogP contribution in [-0.2, 0) is 5.88 Å². The zero-order valence-corrected chi connectivity index (χ0v) is 10.8. The first-order chi connectivity index (χ1) is 7.70. The van der Waals surface area contributed by atoms with Gasteiger partial charge in [0.15, 0.2) is 0 Å². The minimum Gasteiger partial charge on any atom is -0.378 e. The Morgan fingerprint density at radius 2 is 1.94 bits per heavy atom. The van der Waals surface area contributed by atoms with Crippen LogP contribution in [0.3, 0.4) is 0 Å². The van der Waals surface area contributed by atoms with Crippen molar-refractivity contribution in [3.8, 4) is 10.6 Å². The van der Waals surface area contributed by atoms with E-state index in [-0.39, 0.29) is 0 Å². The van der Waals surface area contributed by atoms with Gasteiger partial charge >= 0.3 is 0 Å². The van der Waals surface area contributed by atoms with E-state index in [0.717, 1.165) is 16.3 Å². The quantitative estimate of drug-likeness (QED) is 0.776. The van der Waals surface area contributed by atoms with E-state index in [4.69, 9.17) is 11.6 Å². The van der Waals surface area contributed by atoms with Crippen LogP contribution in [0.15, 0.2) is 29.6 Å². The number of thiazole rings is 1. The van der Waals surface area contributed by atoms with Gasteiger partial charge in [-0.3, -0.25) is 0 Å². The van der Waals surface area contributed by atoms with Crippen LogP contribution in [0.1, 0.15) is 5.69 Å². The third-order valence-electron chi connectivity index (χ3n) is 2.32. The van der Waals surface area contributed by atoms with Gasteiger partial charge in [-0.2, -0.15) is 0 Å². The van der Waals surface area contributed by atoms with Gasteiger partial charge in [-0.25, -0.2) is 4.98 Å². The Balaban J connectivity index is 2.27. The van der Waals surface area contributed by atoms with Crippen LogP contribution < -0.4 is 4.90 Å². The number of aromatic nitrogens is 1. The van der Waals surface area contributed by atoms with Crippen LogP contribution in [0.5, 0.6) is 0 Å². The Kier molecular flexibility index (Phi) is 3.46. The molecule has 1 heterocycles. The van der Waals surface area contributed by atoms with E-state index in [1.54, 1.807) is 11.3 Å². The average Bonchev–Trinajstić information content (AvgIpc) is 2.77. The Hall–Kier alpha value is -1.06. The molecule has 2 rings (SSSR count). The number of anilines is 1. The maximum absolute atomic E-state index is 5.73. The molecule has 0 unspecified atom stereocenters. The van der Waals surface area contributed by atoms with Gasteiger partial charge in [0.2, 0.25) is 0 Å². The van der Waals surface area contributed by atoms with Crippen molar-refractivity contribution in [1.82, 2.24) is 4.98 Å². The molecule has 0 aliphatic carbocycles. The van der Waals surface area contributed by atoms with Gasteiger partial charge < -0.3 is 4.90 Å². The molecule has 0 N–H and O–H groups in total. The fourth-order valence-corrected chi connectivity index (χ4v) is 2.46. The molecule has 0 bridgehead atoms. The highest BCUT2D eigenvalue weighted by molar-refractivity contribution is 7.13. The van der Waals surface area contributed by atoms with E-state index in [1.807, 2.05) is 19.5 Å². The maximum Gasteiger partial charge on any atom is 0.123 e. The monoisotopic (exact) mass is 252 g/mol.